The maximum absolute atomic E-state index is 11.6. The second-order valence-corrected chi connectivity index (χ2v) is 5.46. The first-order valence-electron chi connectivity index (χ1n) is 6.53. The van der Waals surface area contributed by atoms with Crippen molar-refractivity contribution in [3.05, 3.63) is 0 Å². The first-order valence-corrected chi connectivity index (χ1v) is 8.05. The Morgan fingerprint density at radius 2 is 1.76 bits per heavy atom. The Morgan fingerprint density at radius 1 is 1.12 bits per heavy atom. The number of halogens is 1. The van der Waals surface area contributed by atoms with E-state index in [2.05, 4.69) is 27.5 Å². The Morgan fingerprint density at radius 3 is 2.35 bits per heavy atom. The number of amides is 1. The molecule has 0 unspecified atom stereocenters. The van der Waals surface area contributed by atoms with Crippen LogP contribution in [-0.4, -0.2) is 52.7 Å². The first kappa shape index (κ1) is 13.4. The van der Waals surface area contributed by atoms with Crippen LogP contribution in [0.5, 0.6) is 0 Å². The topological polar surface area (TPSA) is 32.8 Å². The van der Waals surface area contributed by atoms with Gasteiger partial charge in [-0.3, -0.25) is 0 Å². The predicted octanol–water partition coefficient (Wildman–Crippen LogP) is 2.47. The Bertz CT molecular complexity index is 249. The van der Waals surface area contributed by atoms with E-state index in [9.17, 15) is 4.79 Å². The number of carbonyl (C=O) groups is 1. The highest BCUT2D eigenvalue weighted by Gasteiger charge is 2.27. The van der Waals surface area contributed by atoms with Crippen molar-refractivity contribution in [2.24, 2.45) is 0 Å². The number of ether oxygens (including phenoxy) is 1. The normalized spacial score (nSPS) is 23.7. The summed E-state index contributed by atoms with van der Waals surface area (Å²) in [5, 5.41) is 0. The lowest BCUT2D eigenvalue weighted by Gasteiger charge is -2.39. The number of alkyl halides is 1. The van der Waals surface area contributed by atoms with E-state index in [0.717, 1.165) is 25.9 Å². The van der Waals surface area contributed by atoms with Gasteiger partial charge in [-0.1, -0.05) is 6.42 Å². The highest BCUT2D eigenvalue weighted by atomic mass is 127. The maximum Gasteiger partial charge on any atom is 0.410 e. The molecule has 2 heterocycles. The van der Waals surface area contributed by atoms with Gasteiger partial charge in [-0.25, -0.2) is 4.79 Å². The number of piperidine rings is 2. The van der Waals surface area contributed by atoms with Crippen LogP contribution < -0.4 is 0 Å². The van der Waals surface area contributed by atoms with Gasteiger partial charge in [0.05, 0.1) is 0 Å². The highest BCUT2D eigenvalue weighted by molar-refractivity contribution is 14.1. The monoisotopic (exact) mass is 352 g/mol. The largest absolute Gasteiger partial charge is 0.439 e. The summed E-state index contributed by atoms with van der Waals surface area (Å²) in [6.07, 6.45) is 6.15. The van der Waals surface area contributed by atoms with Gasteiger partial charge in [-0.05, 0) is 61.4 Å². The Kier molecular flexibility index (Phi) is 5.34. The SMILES string of the molecule is O=C(OCI)N1CCC(N2CCCCC2)CC1. The molecule has 0 aromatic heterocycles. The van der Waals surface area contributed by atoms with Crippen LogP contribution in [0, 0.1) is 0 Å². The molecule has 4 nitrogen and oxygen atoms in total. The fraction of sp³-hybridized carbons (Fsp3) is 0.917. The highest BCUT2D eigenvalue weighted by Crippen LogP contribution is 2.21. The summed E-state index contributed by atoms with van der Waals surface area (Å²) in [5.41, 5.74) is 0. The van der Waals surface area contributed by atoms with Gasteiger partial charge in [0.15, 0.2) is 0 Å². The van der Waals surface area contributed by atoms with Gasteiger partial charge in [0.1, 0.15) is 4.61 Å². The molecule has 1 amide bonds. The Hall–Kier alpha value is -0.0400. The standard InChI is InChI=1S/C12H21IN2O2/c13-10-17-12(16)15-8-4-11(5-9-15)14-6-2-1-3-7-14/h11H,1-10H2. The van der Waals surface area contributed by atoms with Gasteiger partial charge in [0, 0.05) is 19.1 Å². The molecule has 2 saturated heterocycles. The summed E-state index contributed by atoms with van der Waals surface area (Å²) in [4.78, 5) is 16.0. The summed E-state index contributed by atoms with van der Waals surface area (Å²) in [6, 6.07) is 0.693. The molecule has 2 fully saturated rings. The third-order valence-corrected chi connectivity index (χ3v) is 4.12. The molecule has 5 heteroatoms. The fourth-order valence-corrected chi connectivity index (χ4v) is 3.10. The summed E-state index contributed by atoms with van der Waals surface area (Å²) < 4.78 is 5.47. The first-order chi connectivity index (χ1) is 8.31. The molecule has 0 radical (unpaired) electrons. The van der Waals surface area contributed by atoms with E-state index in [1.165, 1.54) is 32.4 Å². The quantitative estimate of drug-likeness (QED) is 0.566. The molecule has 0 bridgehead atoms. The average molecular weight is 352 g/mol. The molecule has 17 heavy (non-hydrogen) atoms. The smallest absolute Gasteiger partial charge is 0.410 e. The van der Waals surface area contributed by atoms with Crippen LogP contribution in [0.2, 0.25) is 0 Å². The molecule has 2 aliphatic rings. The van der Waals surface area contributed by atoms with Crippen LogP contribution in [0.4, 0.5) is 4.79 Å². The minimum atomic E-state index is -0.142. The van der Waals surface area contributed by atoms with Gasteiger partial charge in [-0.2, -0.15) is 0 Å². The van der Waals surface area contributed by atoms with E-state index in [-0.39, 0.29) is 6.09 Å². The number of rotatable bonds is 2. The number of carbonyl (C=O) groups excluding carboxylic acids is 1. The lowest BCUT2D eigenvalue weighted by Crippen LogP contribution is -2.48. The van der Waals surface area contributed by atoms with E-state index < -0.39 is 0 Å². The zero-order chi connectivity index (χ0) is 12.1. The molecule has 0 aliphatic carbocycles. The van der Waals surface area contributed by atoms with Crippen molar-refractivity contribution in [3.63, 3.8) is 0 Å². The molecule has 0 N–H and O–H groups in total. The number of hydrogen-bond donors (Lipinski definition) is 0. The number of likely N-dealkylation sites (tertiary alicyclic amines) is 2. The Labute approximate surface area is 117 Å². The van der Waals surface area contributed by atoms with Crippen molar-refractivity contribution in [1.82, 2.24) is 9.80 Å². The number of nitrogens with zero attached hydrogens (tertiary/aromatic N) is 2. The van der Waals surface area contributed by atoms with Crippen LogP contribution in [-0.2, 0) is 4.74 Å². The summed E-state index contributed by atoms with van der Waals surface area (Å²) in [6.45, 7) is 4.22. The zero-order valence-corrected chi connectivity index (χ0v) is 12.4. The molecule has 0 aromatic carbocycles. The van der Waals surface area contributed by atoms with Crippen molar-refractivity contribution in [3.8, 4) is 0 Å². The summed E-state index contributed by atoms with van der Waals surface area (Å²) in [5.74, 6) is 0. The average Bonchev–Trinajstić information content (AvgIpc) is 2.40. The molecular weight excluding hydrogens is 331 g/mol. The minimum Gasteiger partial charge on any atom is -0.439 e. The van der Waals surface area contributed by atoms with Gasteiger partial charge >= 0.3 is 6.09 Å². The van der Waals surface area contributed by atoms with Crippen molar-refractivity contribution >= 4 is 28.7 Å². The van der Waals surface area contributed by atoms with Gasteiger partial charge in [-0.15, -0.1) is 0 Å². The lowest BCUT2D eigenvalue weighted by molar-refractivity contribution is 0.0753. The van der Waals surface area contributed by atoms with Crippen LogP contribution >= 0.6 is 22.6 Å². The maximum atomic E-state index is 11.6. The van der Waals surface area contributed by atoms with Crippen molar-refractivity contribution in [1.29, 1.82) is 0 Å². The van der Waals surface area contributed by atoms with E-state index in [4.69, 9.17) is 4.74 Å². The molecule has 0 spiro atoms. The fourth-order valence-electron chi connectivity index (χ4n) is 2.84. The van der Waals surface area contributed by atoms with Gasteiger partial charge in [0.2, 0.25) is 0 Å². The second kappa shape index (κ2) is 6.78. The molecule has 0 aromatic rings. The van der Waals surface area contributed by atoms with Crippen molar-refractivity contribution < 1.29 is 9.53 Å². The Balaban J connectivity index is 1.75. The van der Waals surface area contributed by atoms with Crippen molar-refractivity contribution in [2.75, 3.05) is 30.8 Å². The molecular formula is C12H21IN2O2. The molecule has 98 valence electrons. The van der Waals surface area contributed by atoms with Crippen molar-refractivity contribution in [2.45, 2.75) is 38.1 Å². The van der Waals surface area contributed by atoms with Crippen LogP contribution in [0.1, 0.15) is 32.1 Å². The van der Waals surface area contributed by atoms with E-state index in [1.807, 2.05) is 4.90 Å². The summed E-state index contributed by atoms with van der Waals surface area (Å²) in [7, 11) is 0. The van der Waals surface area contributed by atoms with Crippen LogP contribution in [0.15, 0.2) is 0 Å². The molecule has 2 aliphatic heterocycles. The predicted molar refractivity (Wildman–Crippen MR) is 75.4 cm³/mol. The summed E-state index contributed by atoms with van der Waals surface area (Å²) >= 11 is 2.06. The van der Waals surface area contributed by atoms with Crippen LogP contribution in [0.3, 0.4) is 0 Å². The second-order valence-electron chi connectivity index (χ2n) is 4.83. The van der Waals surface area contributed by atoms with Gasteiger partial charge in [0.25, 0.3) is 0 Å². The third-order valence-electron chi connectivity index (χ3n) is 3.81. The third kappa shape index (κ3) is 3.71. The van der Waals surface area contributed by atoms with E-state index in [0.29, 0.717) is 10.7 Å². The molecule has 0 saturated carbocycles. The zero-order valence-electron chi connectivity index (χ0n) is 10.2. The minimum absolute atomic E-state index is 0.142. The van der Waals surface area contributed by atoms with E-state index in [1.54, 1.807) is 0 Å². The van der Waals surface area contributed by atoms with Crippen LogP contribution in [0.25, 0.3) is 0 Å². The molecule has 2 rings (SSSR count). The molecule has 0 atom stereocenters. The van der Waals surface area contributed by atoms with Gasteiger partial charge < -0.3 is 14.5 Å². The van der Waals surface area contributed by atoms with E-state index >= 15 is 0 Å². The lowest BCUT2D eigenvalue weighted by atomic mass is 10.0. The number of hydrogen-bond acceptors (Lipinski definition) is 3.